The van der Waals surface area contributed by atoms with E-state index in [2.05, 4.69) is 36.6 Å². The van der Waals surface area contributed by atoms with Crippen LogP contribution in [0.4, 0.5) is 16.2 Å². The summed E-state index contributed by atoms with van der Waals surface area (Å²) in [6.45, 7) is 12.7. The molecular formula is C66H99N11O20S4. The monoisotopic (exact) mass is 1490 g/mol. The highest BCUT2D eigenvalue weighted by atomic mass is 32.2. The summed E-state index contributed by atoms with van der Waals surface area (Å²) in [7, 11) is -13.6. The Morgan fingerprint density at radius 3 is 1.93 bits per heavy atom. The molecule has 2 aromatic rings. The molecule has 562 valence electrons. The summed E-state index contributed by atoms with van der Waals surface area (Å²) in [6, 6.07) is 8.72. The van der Waals surface area contributed by atoms with Crippen molar-refractivity contribution in [3.05, 3.63) is 94.0 Å². The molecule has 35 heteroatoms. The van der Waals surface area contributed by atoms with Crippen molar-refractivity contribution in [3.63, 3.8) is 0 Å². The summed E-state index contributed by atoms with van der Waals surface area (Å²) in [4.78, 5) is 68.8. The number of azide groups is 1. The van der Waals surface area contributed by atoms with Gasteiger partial charge in [0.15, 0.2) is 5.71 Å². The number of nitrogens with one attached hydrogen (secondary N) is 5. The molecular weight excluding hydrogens is 1400 g/mol. The number of nitrogens with zero attached hydrogens (tertiary/aromatic N) is 6. The third-order valence-corrected chi connectivity index (χ3v) is 21.3. The SMILES string of the molecule is CC1(C)C(/C=C/C=C/C=C2/N(CCCS(=O)(=O)O)c3ccc(S(=O)(=O)O)cc3C2(C)C)=[N+](CCCCCC(=O)NCCC(=O)N(CCOCCOCCOCCN=[N+]=[N-])CCC(=O)NCCOCCOCCOCCNC(=O)CCCCC2SCC3NC(=O)NC32)c2ccc(S(=O)(=O)[O-])cc21. The Kier molecular flexibility index (Phi) is 34.4. The van der Waals surface area contributed by atoms with Crippen LogP contribution in [-0.2, 0) is 88.8 Å². The highest BCUT2D eigenvalue weighted by Gasteiger charge is 2.46. The lowest BCUT2D eigenvalue weighted by atomic mass is 9.81. The van der Waals surface area contributed by atoms with Gasteiger partial charge in [-0.05, 0) is 93.5 Å². The zero-order valence-electron chi connectivity index (χ0n) is 58.0. The Labute approximate surface area is 596 Å². The number of urea groups is 1. The molecule has 0 bridgehead atoms. The van der Waals surface area contributed by atoms with Crippen molar-refractivity contribution in [2.24, 2.45) is 5.11 Å². The molecule has 4 aliphatic rings. The molecule has 31 nitrogen and oxygen atoms in total. The molecule has 0 aliphatic carbocycles. The Balaban J connectivity index is 0.915. The maximum absolute atomic E-state index is 13.6. The van der Waals surface area contributed by atoms with Crippen LogP contribution in [0.2, 0.25) is 0 Å². The smallest absolute Gasteiger partial charge is 0.315 e. The first-order valence-electron chi connectivity index (χ1n) is 34.0. The highest BCUT2D eigenvalue weighted by molar-refractivity contribution is 8.00. The Hall–Kier alpha value is -6.57. The van der Waals surface area contributed by atoms with Gasteiger partial charge in [-0.25, -0.2) is 13.2 Å². The maximum Gasteiger partial charge on any atom is 0.315 e. The van der Waals surface area contributed by atoms with Gasteiger partial charge < -0.3 is 69.4 Å². The van der Waals surface area contributed by atoms with Crippen molar-refractivity contribution in [2.75, 3.05) is 148 Å². The predicted octanol–water partition coefficient (Wildman–Crippen LogP) is 4.94. The largest absolute Gasteiger partial charge is 0.744 e. The summed E-state index contributed by atoms with van der Waals surface area (Å²) < 4.78 is 139. The van der Waals surface area contributed by atoms with Crippen molar-refractivity contribution in [1.82, 2.24) is 31.5 Å². The van der Waals surface area contributed by atoms with Crippen LogP contribution < -0.4 is 31.5 Å². The van der Waals surface area contributed by atoms with Gasteiger partial charge in [-0.2, -0.15) is 33.2 Å². The maximum atomic E-state index is 13.6. The Morgan fingerprint density at radius 2 is 1.30 bits per heavy atom. The van der Waals surface area contributed by atoms with E-state index < -0.39 is 46.9 Å². The van der Waals surface area contributed by atoms with E-state index in [1.807, 2.05) is 55.0 Å². The standard InChI is InChI=1S/C66H99N11O20S4/c1-65(2)51-46-49(100(86,87)88)19-21-54(51)76(57(65)15-7-5-8-16-58-66(3,4)52-47-50(101(89,90)91)20-22-55(52)77(58)30-13-45-99(83,84)85)29-12-6-9-17-59(78)68-25-23-62(81)75(32-36-95-40-44-97-43-39-94-35-28-71-74-67)31-24-61(80)70-27-34-93-38-42-96-41-37-92-33-26-69-60(79)18-11-10-14-56-63-53(48-98-56)72-64(82)73-63/h5,7-8,15-16,19-22,46-47,53,56,63H,6,9-14,17-18,23-45,48H2,1-4H3,(H7-,68,69,70,72,73,78,79,80,82,83,84,85,86,87,88,89,90,91). The van der Waals surface area contributed by atoms with Gasteiger partial charge in [0.05, 0.1) is 112 Å². The number of anilines is 1. The van der Waals surface area contributed by atoms with Gasteiger partial charge in [-0.3, -0.25) is 28.3 Å². The molecule has 0 radical (unpaired) electrons. The molecule has 2 fully saturated rings. The molecule has 2 aromatic carbocycles. The minimum Gasteiger partial charge on any atom is -0.744 e. The average molecular weight is 1490 g/mol. The molecule has 4 aliphatic heterocycles. The van der Waals surface area contributed by atoms with Crippen molar-refractivity contribution in [1.29, 1.82) is 0 Å². The van der Waals surface area contributed by atoms with E-state index in [0.29, 0.717) is 112 Å². The van der Waals surface area contributed by atoms with E-state index in [1.54, 1.807) is 30.4 Å². The van der Waals surface area contributed by atoms with Gasteiger partial charge >= 0.3 is 6.03 Å². The zero-order chi connectivity index (χ0) is 73.5. The lowest BCUT2D eigenvalue weighted by Crippen LogP contribution is -2.39. The van der Waals surface area contributed by atoms with E-state index in [9.17, 15) is 62.9 Å². The second kappa shape index (κ2) is 41.7. The fourth-order valence-corrected chi connectivity index (χ4v) is 15.2. The molecule has 6 rings (SSSR count). The van der Waals surface area contributed by atoms with Gasteiger partial charge in [0, 0.05) is 128 Å². The van der Waals surface area contributed by atoms with Crippen LogP contribution in [0, 0.1) is 0 Å². The number of benzene rings is 2. The molecule has 2 saturated heterocycles. The molecule has 0 saturated carbocycles. The number of carbonyl (C=O) groups excluding carboxylic acids is 5. The van der Waals surface area contributed by atoms with Crippen LogP contribution in [0.25, 0.3) is 10.4 Å². The lowest BCUT2D eigenvalue weighted by Gasteiger charge is -2.27. The van der Waals surface area contributed by atoms with Crippen molar-refractivity contribution in [3.8, 4) is 0 Å². The summed E-state index contributed by atoms with van der Waals surface area (Å²) in [5.74, 6) is -0.466. The first-order valence-corrected chi connectivity index (χ1v) is 39.5. The van der Waals surface area contributed by atoms with Crippen molar-refractivity contribution in [2.45, 2.75) is 136 Å². The molecule has 0 aromatic heterocycles. The number of amides is 6. The van der Waals surface area contributed by atoms with Gasteiger partial charge in [0.2, 0.25) is 29.3 Å². The number of carbonyl (C=O) groups is 5. The van der Waals surface area contributed by atoms with Crippen LogP contribution in [-0.4, -0.2) is 244 Å². The van der Waals surface area contributed by atoms with Crippen LogP contribution >= 0.6 is 11.8 Å². The first kappa shape index (κ1) is 83.4. The van der Waals surface area contributed by atoms with Gasteiger partial charge in [0.1, 0.15) is 16.7 Å². The molecule has 6 amide bonds. The number of hydrogen-bond acceptors (Lipinski definition) is 21. The fraction of sp³-hybridized carbons (Fsp3) is 0.636. The van der Waals surface area contributed by atoms with E-state index >= 15 is 0 Å². The number of thioether (sulfide) groups is 1. The fourth-order valence-electron chi connectivity index (χ4n) is 12.1. The van der Waals surface area contributed by atoms with E-state index in [1.165, 1.54) is 35.2 Å². The second-order valence-corrected chi connectivity index (χ2v) is 31.0. The highest BCUT2D eigenvalue weighted by Crippen LogP contribution is 2.49. The third kappa shape index (κ3) is 27.9. The summed E-state index contributed by atoms with van der Waals surface area (Å²) in [5, 5.41) is 18.2. The number of ether oxygens (including phenoxy) is 6. The molecule has 3 atom stereocenters. The van der Waals surface area contributed by atoms with E-state index in [4.69, 9.17) is 34.0 Å². The van der Waals surface area contributed by atoms with Crippen LogP contribution in [0.1, 0.15) is 109 Å². The van der Waals surface area contributed by atoms with Gasteiger partial charge in [-0.1, -0.05) is 43.6 Å². The second-order valence-electron chi connectivity index (χ2n) is 25.4. The summed E-state index contributed by atoms with van der Waals surface area (Å²) >= 11 is 1.86. The number of hydrogen-bond donors (Lipinski definition) is 7. The third-order valence-electron chi connectivity index (χ3n) is 17.3. The normalized spacial score (nSPS) is 18.0. The van der Waals surface area contributed by atoms with Crippen LogP contribution in [0.3, 0.4) is 0 Å². The topological polar surface area (TPSA) is 425 Å². The molecule has 4 heterocycles. The van der Waals surface area contributed by atoms with Crippen LogP contribution in [0.15, 0.2) is 87.4 Å². The lowest BCUT2D eigenvalue weighted by molar-refractivity contribution is -0.438. The molecule has 3 unspecified atom stereocenters. The first-order chi connectivity index (χ1) is 48.1. The van der Waals surface area contributed by atoms with Crippen molar-refractivity contribution >= 4 is 88.9 Å². The summed E-state index contributed by atoms with van der Waals surface area (Å²) in [5.41, 5.74) is 10.7. The quantitative estimate of drug-likeness (QED) is 0.00674. The number of allylic oxidation sites excluding steroid dienone is 6. The van der Waals surface area contributed by atoms with Gasteiger partial charge in [-0.15, -0.1) is 0 Å². The average Bonchev–Trinajstić information content (AvgIpc) is 1.60. The van der Waals surface area contributed by atoms with Gasteiger partial charge in [0.25, 0.3) is 20.2 Å². The number of rotatable bonds is 50. The molecule has 7 N–H and O–H groups in total. The molecule has 101 heavy (non-hydrogen) atoms. The Bertz CT molecular complexity index is 3640. The number of unbranched alkanes of at least 4 members (excludes halogenated alkanes) is 3. The molecule has 0 spiro atoms. The zero-order valence-corrected chi connectivity index (χ0v) is 61.2. The minimum atomic E-state index is -4.79. The minimum absolute atomic E-state index is 0.00124. The Morgan fingerprint density at radius 1 is 0.703 bits per heavy atom. The van der Waals surface area contributed by atoms with Crippen molar-refractivity contribution < 1.29 is 95.9 Å². The van der Waals surface area contributed by atoms with E-state index in [-0.39, 0.29) is 156 Å². The number of fused-ring (bicyclic) bond motifs is 3. The summed E-state index contributed by atoms with van der Waals surface area (Å²) in [6.07, 6.45) is 14.0. The van der Waals surface area contributed by atoms with Crippen LogP contribution in [0.5, 0.6) is 0 Å². The predicted molar refractivity (Wildman–Crippen MR) is 377 cm³/mol. The van der Waals surface area contributed by atoms with E-state index in [0.717, 1.165) is 30.7 Å².